The summed E-state index contributed by atoms with van der Waals surface area (Å²) in [5.74, 6) is 0.0930. The van der Waals surface area contributed by atoms with Gasteiger partial charge in [-0.05, 0) is 5.92 Å². The van der Waals surface area contributed by atoms with Crippen molar-refractivity contribution >= 4 is 5.97 Å². The van der Waals surface area contributed by atoms with Crippen LogP contribution in [0.1, 0.15) is 20.8 Å². The lowest BCUT2D eigenvalue weighted by molar-refractivity contribution is -0.141. The van der Waals surface area contributed by atoms with Crippen LogP contribution in [0, 0.1) is 5.92 Å². The zero-order chi connectivity index (χ0) is 8.15. The topological polar surface area (TPSA) is 52.3 Å². The Hall–Kier alpha value is -0.570. The number of esters is 1. The Morgan fingerprint density at radius 1 is 1.60 bits per heavy atom. The maximum Gasteiger partial charge on any atom is 0.302 e. The van der Waals surface area contributed by atoms with Gasteiger partial charge in [0.2, 0.25) is 0 Å². The van der Waals surface area contributed by atoms with Crippen LogP contribution < -0.4 is 5.73 Å². The zero-order valence-corrected chi connectivity index (χ0v) is 6.76. The second-order valence-electron chi connectivity index (χ2n) is 2.71. The monoisotopic (exact) mass is 145 g/mol. The van der Waals surface area contributed by atoms with Gasteiger partial charge in [-0.3, -0.25) is 4.79 Å². The number of hydrogen-bond acceptors (Lipinski definition) is 3. The quantitative estimate of drug-likeness (QED) is 0.589. The first-order valence-corrected chi connectivity index (χ1v) is 3.43. The molecule has 0 fully saturated rings. The summed E-state index contributed by atoms with van der Waals surface area (Å²) in [5.41, 5.74) is 5.59. The third kappa shape index (κ3) is 4.32. The molecule has 3 heteroatoms. The molecule has 1 unspecified atom stereocenters. The fraction of sp³-hybridized carbons (Fsp3) is 0.857. The first kappa shape index (κ1) is 9.43. The van der Waals surface area contributed by atoms with E-state index < -0.39 is 0 Å². The molecule has 0 bridgehead atoms. The molecule has 0 saturated carbocycles. The van der Waals surface area contributed by atoms with Crippen LogP contribution in [0.3, 0.4) is 0 Å². The Kier molecular flexibility index (Phi) is 4.03. The van der Waals surface area contributed by atoms with Crippen LogP contribution in [0.4, 0.5) is 0 Å². The zero-order valence-electron chi connectivity index (χ0n) is 6.76. The Morgan fingerprint density at radius 3 is 2.40 bits per heavy atom. The summed E-state index contributed by atoms with van der Waals surface area (Å²) >= 11 is 0. The molecule has 0 aromatic heterocycles. The van der Waals surface area contributed by atoms with E-state index in [2.05, 4.69) is 0 Å². The highest BCUT2D eigenvalue weighted by atomic mass is 16.5. The van der Waals surface area contributed by atoms with Crippen LogP contribution in [0.15, 0.2) is 0 Å². The fourth-order valence-electron chi connectivity index (χ4n) is 0.406. The molecule has 0 spiro atoms. The summed E-state index contributed by atoms with van der Waals surface area (Å²) in [5, 5.41) is 0. The van der Waals surface area contributed by atoms with E-state index in [9.17, 15) is 4.79 Å². The maximum atomic E-state index is 10.3. The molecule has 3 nitrogen and oxygen atoms in total. The largest absolute Gasteiger partial charge is 0.464 e. The van der Waals surface area contributed by atoms with E-state index >= 15 is 0 Å². The van der Waals surface area contributed by atoms with E-state index in [1.165, 1.54) is 6.92 Å². The van der Waals surface area contributed by atoms with E-state index in [1.807, 2.05) is 13.8 Å². The van der Waals surface area contributed by atoms with Crippen LogP contribution in [0.2, 0.25) is 0 Å². The molecular formula is C7H15NO2. The van der Waals surface area contributed by atoms with Crippen LogP contribution in [0.5, 0.6) is 0 Å². The predicted octanol–water partition coefficient (Wildman–Crippen LogP) is 0.533. The Labute approximate surface area is 61.5 Å². The first-order valence-electron chi connectivity index (χ1n) is 3.43. The van der Waals surface area contributed by atoms with Crippen molar-refractivity contribution in [3.8, 4) is 0 Å². The van der Waals surface area contributed by atoms with Crippen molar-refractivity contribution in [2.75, 3.05) is 6.61 Å². The fourth-order valence-corrected chi connectivity index (χ4v) is 0.406. The van der Waals surface area contributed by atoms with Gasteiger partial charge in [0.25, 0.3) is 0 Å². The van der Waals surface area contributed by atoms with Crippen molar-refractivity contribution in [2.45, 2.75) is 26.8 Å². The number of carbonyl (C=O) groups is 1. The van der Waals surface area contributed by atoms with E-state index in [1.54, 1.807) is 0 Å². The minimum atomic E-state index is -0.267. The van der Waals surface area contributed by atoms with Gasteiger partial charge in [-0.15, -0.1) is 0 Å². The van der Waals surface area contributed by atoms with Gasteiger partial charge in [0.1, 0.15) is 6.61 Å². The summed E-state index contributed by atoms with van der Waals surface area (Å²) in [6, 6.07) is -0.0381. The number of nitrogens with two attached hydrogens (primary N) is 1. The van der Waals surface area contributed by atoms with Gasteiger partial charge in [-0.25, -0.2) is 0 Å². The second kappa shape index (κ2) is 4.28. The number of hydrogen-bond donors (Lipinski definition) is 1. The number of carbonyl (C=O) groups excluding carboxylic acids is 1. The molecule has 10 heavy (non-hydrogen) atoms. The highest BCUT2D eigenvalue weighted by Crippen LogP contribution is 1.97. The summed E-state index contributed by atoms with van der Waals surface area (Å²) in [6.07, 6.45) is 0. The van der Waals surface area contributed by atoms with Crippen molar-refractivity contribution in [1.29, 1.82) is 0 Å². The Bertz CT molecular complexity index is 112. The number of ether oxygens (including phenoxy) is 1. The highest BCUT2D eigenvalue weighted by molar-refractivity contribution is 5.65. The average Bonchev–Trinajstić information content (AvgIpc) is 1.82. The molecule has 0 rings (SSSR count). The Balaban J connectivity index is 3.39. The van der Waals surface area contributed by atoms with Gasteiger partial charge in [-0.1, -0.05) is 13.8 Å². The SMILES string of the molecule is CC(=O)OCC(N)C(C)C. The molecular weight excluding hydrogens is 130 g/mol. The summed E-state index contributed by atoms with van der Waals surface area (Å²) in [7, 11) is 0. The normalized spacial score (nSPS) is 13.3. The van der Waals surface area contributed by atoms with E-state index in [0.717, 1.165) is 0 Å². The molecule has 0 aliphatic heterocycles. The van der Waals surface area contributed by atoms with Gasteiger partial charge < -0.3 is 10.5 Å². The van der Waals surface area contributed by atoms with E-state index in [0.29, 0.717) is 12.5 Å². The lowest BCUT2D eigenvalue weighted by Gasteiger charge is -2.14. The van der Waals surface area contributed by atoms with E-state index in [4.69, 9.17) is 10.5 Å². The van der Waals surface area contributed by atoms with Crippen LogP contribution in [0.25, 0.3) is 0 Å². The molecule has 0 aromatic rings. The van der Waals surface area contributed by atoms with Crippen molar-refractivity contribution in [3.05, 3.63) is 0 Å². The van der Waals surface area contributed by atoms with Crippen molar-refractivity contribution in [3.63, 3.8) is 0 Å². The minimum absolute atomic E-state index is 0.0381. The molecule has 2 N–H and O–H groups in total. The standard InChI is InChI=1S/C7H15NO2/c1-5(2)7(8)4-10-6(3)9/h5,7H,4,8H2,1-3H3. The summed E-state index contributed by atoms with van der Waals surface area (Å²) < 4.78 is 4.70. The van der Waals surface area contributed by atoms with Crippen molar-refractivity contribution in [2.24, 2.45) is 11.7 Å². The molecule has 0 heterocycles. The lowest BCUT2D eigenvalue weighted by Crippen LogP contribution is -2.32. The maximum absolute atomic E-state index is 10.3. The first-order chi connectivity index (χ1) is 4.54. The van der Waals surface area contributed by atoms with Crippen LogP contribution >= 0.6 is 0 Å². The molecule has 0 radical (unpaired) electrons. The Morgan fingerprint density at radius 2 is 2.10 bits per heavy atom. The average molecular weight is 145 g/mol. The van der Waals surface area contributed by atoms with Gasteiger partial charge in [-0.2, -0.15) is 0 Å². The molecule has 0 aliphatic rings. The summed E-state index contributed by atoms with van der Waals surface area (Å²) in [6.45, 7) is 5.70. The lowest BCUT2D eigenvalue weighted by atomic mass is 10.1. The molecule has 0 aliphatic carbocycles. The predicted molar refractivity (Wildman–Crippen MR) is 39.4 cm³/mol. The van der Waals surface area contributed by atoms with Gasteiger partial charge in [0, 0.05) is 13.0 Å². The summed E-state index contributed by atoms with van der Waals surface area (Å²) in [4.78, 5) is 10.3. The molecule has 0 saturated heterocycles. The number of rotatable bonds is 3. The van der Waals surface area contributed by atoms with Gasteiger partial charge in [0.05, 0.1) is 0 Å². The van der Waals surface area contributed by atoms with Crippen molar-refractivity contribution < 1.29 is 9.53 Å². The molecule has 0 amide bonds. The smallest absolute Gasteiger partial charge is 0.302 e. The highest BCUT2D eigenvalue weighted by Gasteiger charge is 2.07. The minimum Gasteiger partial charge on any atom is -0.464 e. The second-order valence-corrected chi connectivity index (χ2v) is 2.71. The van der Waals surface area contributed by atoms with Crippen LogP contribution in [-0.4, -0.2) is 18.6 Å². The van der Waals surface area contributed by atoms with Gasteiger partial charge >= 0.3 is 5.97 Å². The van der Waals surface area contributed by atoms with Crippen LogP contribution in [-0.2, 0) is 9.53 Å². The molecule has 1 atom stereocenters. The molecule has 0 aromatic carbocycles. The van der Waals surface area contributed by atoms with E-state index in [-0.39, 0.29) is 12.0 Å². The third-order valence-electron chi connectivity index (χ3n) is 1.34. The van der Waals surface area contributed by atoms with Crippen molar-refractivity contribution in [1.82, 2.24) is 0 Å². The third-order valence-corrected chi connectivity index (χ3v) is 1.34. The van der Waals surface area contributed by atoms with Gasteiger partial charge in [0.15, 0.2) is 0 Å². The molecule has 60 valence electrons.